The summed E-state index contributed by atoms with van der Waals surface area (Å²) >= 11 is 0. The van der Waals surface area contributed by atoms with E-state index in [4.69, 9.17) is 0 Å². The van der Waals surface area contributed by atoms with Crippen LogP contribution in [0.4, 0.5) is 8.78 Å². The van der Waals surface area contributed by atoms with Crippen molar-refractivity contribution in [3.63, 3.8) is 0 Å². The van der Waals surface area contributed by atoms with Crippen LogP contribution in [0.15, 0.2) is 78.9 Å². The van der Waals surface area contributed by atoms with Crippen LogP contribution in [0, 0.1) is 11.6 Å². The fourth-order valence-corrected chi connectivity index (χ4v) is 3.11. The number of benzene rings is 3. The molecule has 0 atom stereocenters. The van der Waals surface area contributed by atoms with Gasteiger partial charge >= 0.3 is 0 Å². The maximum Gasteiger partial charge on any atom is 0.127 e. The van der Waals surface area contributed by atoms with Crippen molar-refractivity contribution in [2.24, 2.45) is 0 Å². The zero-order valence-corrected chi connectivity index (χ0v) is 14.7. The number of hydrogen-bond donors (Lipinski definition) is 0. The van der Waals surface area contributed by atoms with Gasteiger partial charge in [-0.25, -0.2) is 8.78 Å². The predicted molar refractivity (Wildman–Crippen MR) is 102 cm³/mol. The topological polar surface area (TPSA) is 3.24 Å². The number of rotatable bonds is 8. The molecule has 0 spiro atoms. The summed E-state index contributed by atoms with van der Waals surface area (Å²) in [6.07, 6.45) is 1.94. The zero-order valence-electron chi connectivity index (χ0n) is 14.7. The summed E-state index contributed by atoms with van der Waals surface area (Å²) in [7, 11) is 0. The lowest BCUT2D eigenvalue weighted by Gasteiger charge is -2.23. The second kappa shape index (κ2) is 9.25. The van der Waals surface area contributed by atoms with Gasteiger partial charge in [-0.1, -0.05) is 60.7 Å². The molecule has 0 aliphatic carbocycles. The van der Waals surface area contributed by atoms with Crippen molar-refractivity contribution in [2.45, 2.75) is 25.9 Å². The lowest BCUT2D eigenvalue weighted by Crippen LogP contribution is -2.25. The first-order valence-electron chi connectivity index (χ1n) is 8.95. The first-order chi connectivity index (χ1) is 12.7. The molecule has 3 heteroatoms. The molecule has 0 bridgehead atoms. The Morgan fingerprint density at radius 2 is 1.35 bits per heavy atom. The lowest BCUT2D eigenvalue weighted by atomic mass is 10.1. The van der Waals surface area contributed by atoms with Crippen LogP contribution in [-0.2, 0) is 19.5 Å². The van der Waals surface area contributed by atoms with Crippen molar-refractivity contribution in [3.05, 3.63) is 107 Å². The highest BCUT2D eigenvalue weighted by Crippen LogP contribution is 2.16. The molecule has 0 aliphatic heterocycles. The first-order valence-corrected chi connectivity index (χ1v) is 8.95. The van der Waals surface area contributed by atoms with Gasteiger partial charge in [0.2, 0.25) is 0 Å². The van der Waals surface area contributed by atoms with E-state index < -0.39 is 5.82 Å². The monoisotopic (exact) mass is 351 g/mol. The van der Waals surface area contributed by atoms with E-state index in [1.807, 2.05) is 36.4 Å². The molecule has 3 aromatic rings. The fourth-order valence-electron chi connectivity index (χ4n) is 3.11. The van der Waals surface area contributed by atoms with Crippen LogP contribution in [0.5, 0.6) is 0 Å². The Morgan fingerprint density at radius 3 is 2.04 bits per heavy atom. The van der Waals surface area contributed by atoms with Gasteiger partial charge in [0.1, 0.15) is 11.6 Å². The molecule has 0 aromatic heterocycles. The van der Waals surface area contributed by atoms with E-state index in [-0.39, 0.29) is 5.82 Å². The van der Waals surface area contributed by atoms with Crippen LogP contribution in [0.3, 0.4) is 0 Å². The second-order valence-electron chi connectivity index (χ2n) is 6.52. The summed E-state index contributed by atoms with van der Waals surface area (Å²) in [5, 5.41) is 0. The standard InChI is InChI=1S/C23H23F2N/c24-22-13-14-23(25)21(16-22)18-26(17-20-10-5-2-6-11-20)15-7-12-19-8-3-1-4-9-19/h1-6,8-11,13-14,16H,7,12,15,17-18H2. The Bertz CT molecular complexity index is 803. The highest BCUT2D eigenvalue weighted by Gasteiger charge is 2.11. The Labute approximate surface area is 153 Å². The molecule has 0 fully saturated rings. The average molecular weight is 351 g/mol. The van der Waals surface area contributed by atoms with Crippen LogP contribution >= 0.6 is 0 Å². The molecule has 0 saturated heterocycles. The predicted octanol–water partition coefficient (Wildman–Crippen LogP) is 5.60. The maximum absolute atomic E-state index is 14.1. The van der Waals surface area contributed by atoms with Gasteiger partial charge in [-0.2, -0.15) is 0 Å². The van der Waals surface area contributed by atoms with Crippen LogP contribution in [0.1, 0.15) is 23.1 Å². The number of aryl methyl sites for hydroxylation is 1. The van der Waals surface area contributed by atoms with Gasteiger partial charge in [-0.15, -0.1) is 0 Å². The van der Waals surface area contributed by atoms with Crippen LogP contribution in [0.25, 0.3) is 0 Å². The van der Waals surface area contributed by atoms with Crippen molar-refractivity contribution in [1.82, 2.24) is 4.90 Å². The minimum atomic E-state index is -0.398. The maximum atomic E-state index is 14.1. The third-order valence-electron chi connectivity index (χ3n) is 4.43. The largest absolute Gasteiger partial charge is 0.295 e. The fraction of sp³-hybridized carbons (Fsp3) is 0.217. The van der Waals surface area contributed by atoms with Crippen molar-refractivity contribution < 1.29 is 8.78 Å². The van der Waals surface area contributed by atoms with Crippen molar-refractivity contribution in [2.75, 3.05) is 6.54 Å². The summed E-state index contributed by atoms with van der Waals surface area (Å²) in [5.74, 6) is -0.752. The summed E-state index contributed by atoms with van der Waals surface area (Å²) in [4.78, 5) is 2.18. The Kier molecular flexibility index (Phi) is 6.50. The van der Waals surface area contributed by atoms with Crippen molar-refractivity contribution >= 4 is 0 Å². The molecule has 0 radical (unpaired) electrons. The second-order valence-corrected chi connectivity index (χ2v) is 6.52. The molecule has 0 heterocycles. The van der Waals surface area contributed by atoms with Crippen LogP contribution in [0.2, 0.25) is 0 Å². The van der Waals surface area contributed by atoms with Gasteiger partial charge in [-0.3, -0.25) is 4.90 Å². The van der Waals surface area contributed by atoms with E-state index in [1.165, 1.54) is 23.3 Å². The zero-order chi connectivity index (χ0) is 18.2. The third kappa shape index (κ3) is 5.50. The average Bonchev–Trinajstić information content (AvgIpc) is 2.66. The van der Waals surface area contributed by atoms with Gasteiger partial charge < -0.3 is 0 Å². The van der Waals surface area contributed by atoms with Crippen molar-refractivity contribution in [1.29, 1.82) is 0 Å². The summed E-state index contributed by atoms with van der Waals surface area (Å²) < 4.78 is 27.6. The molecule has 0 unspecified atom stereocenters. The Balaban J connectivity index is 1.67. The highest BCUT2D eigenvalue weighted by molar-refractivity contribution is 5.20. The molecule has 3 rings (SSSR count). The van der Waals surface area contributed by atoms with Gasteiger partial charge in [0.05, 0.1) is 0 Å². The number of hydrogen-bond acceptors (Lipinski definition) is 1. The van der Waals surface area contributed by atoms with Gasteiger partial charge in [0.25, 0.3) is 0 Å². The minimum Gasteiger partial charge on any atom is -0.295 e. The summed E-state index contributed by atoms with van der Waals surface area (Å²) in [6.45, 7) is 1.93. The van der Waals surface area contributed by atoms with Crippen LogP contribution < -0.4 is 0 Å². The number of halogens is 2. The summed E-state index contributed by atoms with van der Waals surface area (Å²) in [5.41, 5.74) is 2.87. The molecular weight excluding hydrogens is 328 g/mol. The molecule has 0 saturated carbocycles. The quantitative estimate of drug-likeness (QED) is 0.511. The van der Waals surface area contributed by atoms with E-state index >= 15 is 0 Å². The molecule has 26 heavy (non-hydrogen) atoms. The SMILES string of the molecule is Fc1ccc(F)c(CN(CCCc2ccccc2)Cc2ccccc2)c1. The van der Waals surface area contributed by atoms with Gasteiger partial charge in [0, 0.05) is 18.7 Å². The van der Waals surface area contributed by atoms with E-state index in [2.05, 4.69) is 29.2 Å². The third-order valence-corrected chi connectivity index (χ3v) is 4.43. The smallest absolute Gasteiger partial charge is 0.127 e. The molecule has 3 aromatic carbocycles. The molecule has 134 valence electrons. The van der Waals surface area contributed by atoms with Gasteiger partial charge in [-0.05, 0) is 48.7 Å². The number of nitrogens with zero attached hydrogens (tertiary/aromatic N) is 1. The van der Waals surface area contributed by atoms with Crippen LogP contribution in [-0.4, -0.2) is 11.4 Å². The Morgan fingerprint density at radius 1 is 0.692 bits per heavy atom. The van der Waals surface area contributed by atoms with E-state index in [0.29, 0.717) is 18.7 Å². The highest BCUT2D eigenvalue weighted by atomic mass is 19.1. The molecular formula is C23H23F2N. The molecule has 1 nitrogen and oxygen atoms in total. The van der Waals surface area contributed by atoms with E-state index in [0.717, 1.165) is 25.5 Å². The van der Waals surface area contributed by atoms with Gasteiger partial charge in [0.15, 0.2) is 0 Å². The van der Waals surface area contributed by atoms with E-state index in [1.54, 1.807) is 0 Å². The van der Waals surface area contributed by atoms with Crippen molar-refractivity contribution in [3.8, 4) is 0 Å². The molecule has 0 aliphatic rings. The molecule has 0 amide bonds. The van der Waals surface area contributed by atoms with E-state index in [9.17, 15) is 8.78 Å². The molecule has 0 N–H and O–H groups in total. The lowest BCUT2D eigenvalue weighted by molar-refractivity contribution is 0.249. The normalized spacial score (nSPS) is 11.0. The minimum absolute atomic E-state index is 0.354. The summed E-state index contributed by atoms with van der Waals surface area (Å²) in [6, 6.07) is 24.1. The Hall–Kier alpha value is -2.52. The first kappa shape index (κ1) is 18.3.